The van der Waals surface area contributed by atoms with Crippen molar-refractivity contribution in [3.8, 4) is 17.2 Å². The summed E-state index contributed by atoms with van der Waals surface area (Å²) in [6, 6.07) is 6.82. The van der Waals surface area contributed by atoms with Crippen LogP contribution in [-0.2, 0) is 20.4 Å². The quantitative estimate of drug-likeness (QED) is 0.664. The number of amides is 1. The molecule has 1 aromatic carbocycles. The van der Waals surface area contributed by atoms with Crippen LogP contribution in [0, 0.1) is 0 Å². The lowest BCUT2D eigenvalue weighted by molar-refractivity contribution is -0.118. The van der Waals surface area contributed by atoms with Crippen molar-refractivity contribution in [2.75, 3.05) is 26.0 Å². The molecule has 0 fully saturated rings. The van der Waals surface area contributed by atoms with Gasteiger partial charge < -0.3 is 19.7 Å². The molecule has 0 aliphatic rings. The van der Waals surface area contributed by atoms with Crippen LogP contribution in [0.4, 0.5) is 0 Å². The molecule has 9 nitrogen and oxygen atoms in total. The van der Waals surface area contributed by atoms with Gasteiger partial charge in [-0.3, -0.25) is 4.79 Å². The van der Waals surface area contributed by atoms with E-state index in [9.17, 15) is 13.2 Å². The highest BCUT2D eigenvalue weighted by atomic mass is 32.2. The van der Waals surface area contributed by atoms with Gasteiger partial charge in [-0.15, -0.1) is 0 Å². The van der Waals surface area contributed by atoms with E-state index in [1.54, 1.807) is 31.4 Å². The summed E-state index contributed by atoms with van der Waals surface area (Å²) in [5, 5.41) is 14.5. The largest absolute Gasteiger partial charge is 0.497 e. The van der Waals surface area contributed by atoms with Crippen molar-refractivity contribution >= 4 is 15.7 Å². The first-order valence-electron chi connectivity index (χ1n) is 6.98. The highest BCUT2D eigenvalue weighted by Crippen LogP contribution is 2.21. The number of carbonyl (C=O) groups excluding carboxylic acids is 1. The molecule has 0 atom stereocenters. The summed E-state index contributed by atoms with van der Waals surface area (Å²) in [5.41, 5.74) is 0.618. The molecule has 1 amide bonds. The van der Waals surface area contributed by atoms with Crippen LogP contribution in [-0.4, -0.2) is 55.6 Å². The van der Waals surface area contributed by atoms with E-state index in [-0.39, 0.29) is 24.9 Å². The Morgan fingerprint density at radius 2 is 2.04 bits per heavy atom. The zero-order chi connectivity index (χ0) is 17.6. The van der Waals surface area contributed by atoms with Gasteiger partial charge in [-0.25, -0.2) is 8.42 Å². The number of aromatic nitrogens is 2. The summed E-state index contributed by atoms with van der Waals surface area (Å²) in [6.07, 6.45) is 0. The lowest BCUT2D eigenvalue weighted by Gasteiger charge is -2.03. The molecule has 1 aromatic heterocycles. The van der Waals surface area contributed by atoms with Gasteiger partial charge in [0.2, 0.25) is 5.91 Å². The Labute approximate surface area is 138 Å². The normalized spacial score (nSPS) is 11.2. The number of carbonyl (C=O) groups is 1. The van der Waals surface area contributed by atoms with Gasteiger partial charge in [-0.2, -0.15) is 4.98 Å². The second kappa shape index (κ2) is 7.88. The fourth-order valence-electron chi connectivity index (χ4n) is 1.86. The van der Waals surface area contributed by atoms with Gasteiger partial charge in [0.15, 0.2) is 15.7 Å². The molecule has 0 saturated heterocycles. The van der Waals surface area contributed by atoms with E-state index in [4.69, 9.17) is 14.4 Å². The summed E-state index contributed by atoms with van der Waals surface area (Å²) in [7, 11) is -2.20. The van der Waals surface area contributed by atoms with Gasteiger partial charge in [0.25, 0.3) is 5.89 Å². The third-order valence-corrected chi connectivity index (χ3v) is 4.34. The lowest BCUT2D eigenvalue weighted by atomic mass is 10.2. The number of aliphatic hydroxyl groups is 1. The Morgan fingerprint density at radius 1 is 1.33 bits per heavy atom. The molecule has 0 spiro atoms. The van der Waals surface area contributed by atoms with Crippen LogP contribution in [0.3, 0.4) is 0 Å². The van der Waals surface area contributed by atoms with Crippen molar-refractivity contribution in [2.24, 2.45) is 0 Å². The summed E-state index contributed by atoms with van der Waals surface area (Å²) in [5.74, 6) is -1.11. The van der Waals surface area contributed by atoms with Crippen molar-refractivity contribution in [3.05, 3.63) is 30.1 Å². The van der Waals surface area contributed by atoms with Crippen LogP contribution in [0.1, 0.15) is 5.82 Å². The van der Waals surface area contributed by atoms with E-state index in [0.717, 1.165) is 0 Å². The fourth-order valence-corrected chi connectivity index (χ4v) is 2.97. The molecule has 10 heteroatoms. The number of aliphatic hydroxyl groups excluding tert-OH is 1. The van der Waals surface area contributed by atoms with E-state index in [1.165, 1.54) is 0 Å². The molecule has 0 bridgehead atoms. The standard InChI is InChI=1S/C14H17N3O6S/c1-22-11-4-2-10(3-5-11)14-16-12(17-23-14)8-24(20,21)9-13(19)15-6-7-18/h2-5,18H,6-9H2,1H3,(H,15,19). The van der Waals surface area contributed by atoms with Crippen molar-refractivity contribution < 1.29 is 27.6 Å². The third kappa shape index (κ3) is 5.03. The molecular formula is C14H17N3O6S. The van der Waals surface area contributed by atoms with Crippen molar-refractivity contribution in [1.29, 1.82) is 0 Å². The first-order chi connectivity index (χ1) is 11.4. The Kier molecular flexibility index (Phi) is 5.88. The van der Waals surface area contributed by atoms with Crippen LogP contribution in [0.5, 0.6) is 5.75 Å². The number of benzene rings is 1. The van der Waals surface area contributed by atoms with Crippen LogP contribution in [0.25, 0.3) is 11.5 Å². The molecule has 0 aliphatic heterocycles. The average molecular weight is 355 g/mol. The van der Waals surface area contributed by atoms with E-state index >= 15 is 0 Å². The van der Waals surface area contributed by atoms with Crippen LogP contribution >= 0.6 is 0 Å². The Morgan fingerprint density at radius 3 is 2.67 bits per heavy atom. The minimum Gasteiger partial charge on any atom is -0.497 e. The molecule has 1 heterocycles. The maximum Gasteiger partial charge on any atom is 0.257 e. The number of sulfone groups is 1. The monoisotopic (exact) mass is 355 g/mol. The maximum atomic E-state index is 11.9. The number of ether oxygens (including phenoxy) is 1. The third-order valence-electron chi connectivity index (χ3n) is 2.94. The highest BCUT2D eigenvalue weighted by molar-refractivity contribution is 7.91. The predicted molar refractivity (Wildman–Crippen MR) is 83.9 cm³/mol. The molecule has 0 saturated carbocycles. The zero-order valence-corrected chi connectivity index (χ0v) is 13.7. The van der Waals surface area contributed by atoms with E-state index < -0.39 is 27.3 Å². The molecule has 130 valence electrons. The molecule has 24 heavy (non-hydrogen) atoms. The molecule has 0 unspecified atom stereocenters. The zero-order valence-electron chi connectivity index (χ0n) is 12.9. The first-order valence-corrected chi connectivity index (χ1v) is 8.80. The minimum absolute atomic E-state index is 0.00180. The second-order valence-corrected chi connectivity index (χ2v) is 6.91. The van der Waals surface area contributed by atoms with Crippen molar-refractivity contribution in [2.45, 2.75) is 5.75 Å². The summed E-state index contributed by atoms with van der Waals surface area (Å²) < 4.78 is 34.0. The van der Waals surface area contributed by atoms with Gasteiger partial charge in [0.1, 0.15) is 17.3 Å². The highest BCUT2D eigenvalue weighted by Gasteiger charge is 2.21. The summed E-state index contributed by atoms with van der Waals surface area (Å²) >= 11 is 0. The lowest BCUT2D eigenvalue weighted by Crippen LogP contribution is -2.32. The van der Waals surface area contributed by atoms with Gasteiger partial charge in [0.05, 0.1) is 13.7 Å². The smallest absolute Gasteiger partial charge is 0.257 e. The molecule has 2 N–H and O–H groups in total. The number of hydrogen-bond donors (Lipinski definition) is 2. The Balaban J connectivity index is 2.03. The van der Waals surface area contributed by atoms with Crippen LogP contribution < -0.4 is 10.1 Å². The molecule has 2 rings (SSSR count). The van der Waals surface area contributed by atoms with Crippen molar-refractivity contribution in [1.82, 2.24) is 15.5 Å². The van der Waals surface area contributed by atoms with Crippen LogP contribution in [0.2, 0.25) is 0 Å². The molecule has 0 aliphatic carbocycles. The van der Waals surface area contributed by atoms with Crippen molar-refractivity contribution in [3.63, 3.8) is 0 Å². The van der Waals surface area contributed by atoms with Gasteiger partial charge in [0, 0.05) is 12.1 Å². The predicted octanol–water partition coefficient (Wildman–Crippen LogP) is -0.231. The summed E-state index contributed by atoms with van der Waals surface area (Å²) in [6.45, 7) is -0.264. The molecular weight excluding hydrogens is 338 g/mol. The fraction of sp³-hybridized carbons (Fsp3) is 0.357. The summed E-state index contributed by atoms with van der Waals surface area (Å²) in [4.78, 5) is 15.4. The number of hydrogen-bond acceptors (Lipinski definition) is 8. The molecule has 0 radical (unpaired) electrons. The van der Waals surface area contributed by atoms with E-state index in [1.807, 2.05) is 0 Å². The topological polar surface area (TPSA) is 132 Å². The number of rotatable bonds is 8. The number of nitrogens with zero attached hydrogens (tertiary/aromatic N) is 2. The first kappa shape index (κ1) is 17.9. The average Bonchev–Trinajstić information content (AvgIpc) is 3.00. The number of nitrogens with one attached hydrogen (secondary N) is 1. The minimum atomic E-state index is -3.74. The van der Waals surface area contributed by atoms with E-state index in [0.29, 0.717) is 11.3 Å². The van der Waals surface area contributed by atoms with Gasteiger partial charge >= 0.3 is 0 Å². The molecule has 2 aromatic rings. The van der Waals surface area contributed by atoms with E-state index in [2.05, 4.69) is 15.5 Å². The maximum absolute atomic E-state index is 11.9. The Bertz CT molecular complexity index is 785. The SMILES string of the molecule is COc1ccc(-c2nc(CS(=O)(=O)CC(=O)NCCO)no2)cc1. The number of methoxy groups -OCH3 is 1. The van der Waals surface area contributed by atoms with Gasteiger partial charge in [-0.1, -0.05) is 5.16 Å². The van der Waals surface area contributed by atoms with Gasteiger partial charge in [-0.05, 0) is 24.3 Å². The van der Waals surface area contributed by atoms with Crippen LogP contribution in [0.15, 0.2) is 28.8 Å². The second-order valence-electron chi connectivity index (χ2n) is 4.85. The Hall–Kier alpha value is -2.46.